The molecule has 0 aliphatic heterocycles. The van der Waals surface area contributed by atoms with Gasteiger partial charge in [0.25, 0.3) is 11.6 Å². The van der Waals surface area contributed by atoms with E-state index in [1.807, 2.05) is 0 Å². The lowest BCUT2D eigenvalue weighted by atomic mass is 10.2. The zero-order chi connectivity index (χ0) is 20.7. The molecule has 0 bridgehead atoms. The van der Waals surface area contributed by atoms with Crippen LogP contribution in [0.25, 0.3) is 0 Å². The highest BCUT2D eigenvalue weighted by Gasteiger charge is 2.12. The maximum absolute atomic E-state index is 12.0. The molecule has 2 amide bonds. The van der Waals surface area contributed by atoms with Crippen LogP contribution in [0.5, 0.6) is 0 Å². The number of benzene rings is 2. The molecular formula is C17H13Cl3N4O4. The van der Waals surface area contributed by atoms with Gasteiger partial charge in [0, 0.05) is 30.2 Å². The summed E-state index contributed by atoms with van der Waals surface area (Å²) in [5.74, 6) is -0.850. The Morgan fingerprint density at radius 1 is 1.07 bits per heavy atom. The SMILES string of the molecule is O=C(CCNC(=O)c1ccc(Cl)c(Cl)c1)NN=Cc1ccc(Cl)c([N+](=O)[O-])c1. The summed E-state index contributed by atoms with van der Waals surface area (Å²) in [6.07, 6.45) is 1.22. The predicted octanol–water partition coefficient (Wildman–Crippen LogP) is 3.83. The Bertz CT molecular complexity index is 950. The lowest BCUT2D eigenvalue weighted by Crippen LogP contribution is -2.29. The van der Waals surface area contributed by atoms with Gasteiger partial charge in [0.05, 0.1) is 21.2 Å². The van der Waals surface area contributed by atoms with E-state index in [0.29, 0.717) is 16.1 Å². The first-order chi connectivity index (χ1) is 13.3. The topological polar surface area (TPSA) is 114 Å². The number of carbonyl (C=O) groups is 2. The molecule has 0 spiro atoms. The minimum atomic E-state index is -0.616. The van der Waals surface area contributed by atoms with Crippen LogP contribution in [-0.2, 0) is 4.79 Å². The molecule has 2 aromatic rings. The van der Waals surface area contributed by atoms with Crippen molar-refractivity contribution in [1.29, 1.82) is 0 Å². The van der Waals surface area contributed by atoms with Crippen LogP contribution in [0.4, 0.5) is 5.69 Å². The third kappa shape index (κ3) is 6.19. The first-order valence-corrected chi connectivity index (χ1v) is 8.90. The molecule has 0 aliphatic carbocycles. The van der Waals surface area contributed by atoms with E-state index < -0.39 is 16.7 Å². The fourth-order valence-corrected chi connectivity index (χ4v) is 2.50. The Morgan fingerprint density at radius 3 is 2.46 bits per heavy atom. The van der Waals surface area contributed by atoms with Crippen molar-refractivity contribution in [2.24, 2.45) is 5.10 Å². The largest absolute Gasteiger partial charge is 0.352 e. The van der Waals surface area contributed by atoms with Crippen LogP contribution in [0.15, 0.2) is 41.5 Å². The van der Waals surface area contributed by atoms with Gasteiger partial charge in [-0.25, -0.2) is 5.43 Å². The van der Waals surface area contributed by atoms with Gasteiger partial charge in [-0.1, -0.05) is 40.9 Å². The van der Waals surface area contributed by atoms with Crippen LogP contribution in [-0.4, -0.2) is 29.5 Å². The summed E-state index contributed by atoms with van der Waals surface area (Å²) in [6.45, 7) is 0.0762. The minimum Gasteiger partial charge on any atom is -0.352 e. The van der Waals surface area contributed by atoms with Crippen LogP contribution in [0.3, 0.4) is 0 Å². The summed E-state index contributed by atoms with van der Waals surface area (Å²) < 4.78 is 0. The number of nitrogens with zero attached hydrogens (tertiary/aromatic N) is 2. The van der Waals surface area contributed by atoms with Crippen LogP contribution in [0.1, 0.15) is 22.3 Å². The minimum absolute atomic E-state index is 0.00361. The van der Waals surface area contributed by atoms with Crippen molar-refractivity contribution in [3.8, 4) is 0 Å². The van der Waals surface area contributed by atoms with Gasteiger partial charge in [-0.2, -0.15) is 5.10 Å². The summed E-state index contributed by atoms with van der Waals surface area (Å²) in [4.78, 5) is 33.9. The van der Waals surface area contributed by atoms with Crippen molar-refractivity contribution in [1.82, 2.24) is 10.7 Å². The molecule has 0 unspecified atom stereocenters. The highest BCUT2D eigenvalue weighted by atomic mass is 35.5. The molecule has 2 aromatic carbocycles. The monoisotopic (exact) mass is 442 g/mol. The second-order valence-electron chi connectivity index (χ2n) is 5.40. The Balaban J connectivity index is 1.80. The van der Waals surface area contributed by atoms with Gasteiger partial charge < -0.3 is 5.32 Å². The number of hydrogen-bond acceptors (Lipinski definition) is 5. The molecule has 2 rings (SSSR count). The van der Waals surface area contributed by atoms with Crippen LogP contribution >= 0.6 is 34.8 Å². The zero-order valence-corrected chi connectivity index (χ0v) is 16.4. The van der Waals surface area contributed by atoms with E-state index in [-0.39, 0.29) is 28.7 Å². The van der Waals surface area contributed by atoms with Crippen molar-refractivity contribution >= 4 is 58.5 Å². The summed E-state index contributed by atoms with van der Waals surface area (Å²) in [5, 5.41) is 17.7. The van der Waals surface area contributed by atoms with Crippen LogP contribution in [0.2, 0.25) is 15.1 Å². The molecule has 0 atom stereocenters. The third-order valence-electron chi connectivity index (χ3n) is 3.39. The van der Waals surface area contributed by atoms with Crippen molar-refractivity contribution in [2.75, 3.05) is 6.54 Å². The van der Waals surface area contributed by atoms with Crippen molar-refractivity contribution in [2.45, 2.75) is 6.42 Å². The Kier molecular flexibility index (Phi) is 7.74. The average Bonchev–Trinajstić information content (AvgIpc) is 2.65. The van der Waals surface area contributed by atoms with Gasteiger partial charge in [0.15, 0.2) is 0 Å². The van der Waals surface area contributed by atoms with E-state index in [0.717, 1.165) is 0 Å². The Labute approximate surface area is 174 Å². The average molecular weight is 444 g/mol. The number of hydrogen-bond donors (Lipinski definition) is 2. The van der Waals surface area contributed by atoms with Crippen LogP contribution in [0, 0.1) is 10.1 Å². The van der Waals surface area contributed by atoms with Crippen molar-refractivity contribution < 1.29 is 14.5 Å². The number of rotatable bonds is 7. The smallest absolute Gasteiger partial charge is 0.288 e. The number of carbonyl (C=O) groups excluding carboxylic acids is 2. The second kappa shape index (κ2) is 10.0. The van der Waals surface area contributed by atoms with Gasteiger partial charge in [-0.3, -0.25) is 19.7 Å². The van der Waals surface area contributed by atoms with E-state index in [1.165, 1.54) is 42.6 Å². The number of nitrogens with one attached hydrogen (secondary N) is 2. The summed E-state index contributed by atoms with van der Waals surface area (Å²) >= 11 is 17.3. The molecule has 11 heteroatoms. The van der Waals surface area contributed by atoms with E-state index in [2.05, 4.69) is 15.8 Å². The molecule has 8 nitrogen and oxygen atoms in total. The fraction of sp³-hybridized carbons (Fsp3) is 0.118. The lowest BCUT2D eigenvalue weighted by molar-refractivity contribution is -0.384. The maximum Gasteiger partial charge on any atom is 0.288 e. The molecular weight excluding hydrogens is 431 g/mol. The molecule has 0 saturated carbocycles. The van der Waals surface area contributed by atoms with Gasteiger partial charge in [0.1, 0.15) is 5.02 Å². The molecule has 0 saturated heterocycles. The number of nitro groups is 1. The quantitative estimate of drug-likeness (QED) is 0.384. The van der Waals surface area contributed by atoms with Gasteiger partial charge >= 0.3 is 0 Å². The summed E-state index contributed by atoms with van der Waals surface area (Å²) in [5.41, 5.74) is 2.71. The third-order valence-corrected chi connectivity index (χ3v) is 4.45. The molecule has 0 fully saturated rings. The number of nitro benzene ring substituents is 1. The first kappa shape index (κ1) is 21.6. The molecule has 0 heterocycles. The molecule has 0 aromatic heterocycles. The molecule has 0 radical (unpaired) electrons. The molecule has 146 valence electrons. The van der Waals surface area contributed by atoms with E-state index in [4.69, 9.17) is 34.8 Å². The Hall–Kier alpha value is -2.68. The summed E-state index contributed by atoms with van der Waals surface area (Å²) in [7, 11) is 0. The van der Waals surface area contributed by atoms with Crippen molar-refractivity contribution in [3.05, 3.63) is 72.7 Å². The van der Waals surface area contributed by atoms with Crippen LogP contribution < -0.4 is 10.7 Å². The maximum atomic E-state index is 12.0. The Morgan fingerprint density at radius 2 is 1.79 bits per heavy atom. The zero-order valence-electron chi connectivity index (χ0n) is 14.1. The van der Waals surface area contributed by atoms with E-state index in [1.54, 1.807) is 0 Å². The predicted molar refractivity (Wildman–Crippen MR) is 107 cm³/mol. The fourth-order valence-electron chi connectivity index (χ4n) is 2.01. The number of amides is 2. The van der Waals surface area contributed by atoms with Gasteiger partial charge in [-0.15, -0.1) is 0 Å². The normalized spacial score (nSPS) is 10.7. The molecule has 28 heavy (non-hydrogen) atoms. The second-order valence-corrected chi connectivity index (χ2v) is 6.62. The molecule has 2 N–H and O–H groups in total. The number of halogens is 3. The number of hydrazone groups is 1. The van der Waals surface area contributed by atoms with Crippen molar-refractivity contribution in [3.63, 3.8) is 0 Å². The lowest BCUT2D eigenvalue weighted by Gasteiger charge is -2.05. The standard InChI is InChI=1S/C17H13Cl3N4O4/c18-12-4-2-11(8-14(12)20)17(26)21-6-5-16(25)23-22-9-10-1-3-13(19)15(7-10)24(27)28/h1-4,7-9H,5-6H2,(H,21,26)(H,23,25). The van der Waals surface area contributed by atoms with Gasteiger partial charge in [-0.05, 0) is 24.3 Å². The van der Waals surface area contributed by atoms with E-state index >= 15 is 0 Å². The van der Waals surface area contributed by atoms with E-state index in [9.17, 15) is 19.7 Å². The first-order valence-electron chi connectivity index (χ1n) is 7.77. The highest BCUT2D eigenvalue weighted by Crippen LogP contribution is 2.24. The highest BCUT2D eigenvalue weighted by molar-refractivity contribution is 6.42. The van der Waals surface area contributed by atoms with Gasteiger partial charge in [0.2, 0.25) is 5.91 Å². The summed E-state index contributed by atoms with van der Waals surface area (Å²) in [6, 6.07) is 8.55. The molecule has 0 aliphatic rings.